The zero-order chi connectivity index (χ0) is 14.0. The van der Waals surface area contributed by atoms with E-state index in [1.807, 2.05) is 0 Å². The van der Waals surface area contributed by atoms with Gasteiger partial charge in [0.2, 0.25) is 0 Å². The average molecular weight is 278 g/mol. The minimum Gasteiger partial charge on any atom is -0.330 e. The van der Waals surface area contributed by atoms with Crippen LogP contribution < -0.4 is 5.73 Å². The lowest BCUT2D eigenvalue weighted by atomic mass is 9.70. The van der Waals surface area contributed by atoms with Crippen molar-refractivity contribution in [2.75, 3.05) is 19.6 Å². The first-order chi connectivity index (χ1) is 9.72. The first-order valence-corrected chi connectivity index (χ1v) is 9.17. The van der Waals surface area contributed by atoms with Gasteiger partial charge in [0.25, 0.3) is 0 Å². The van der Waals surface area contributed by atoms with Crippen molar-refractivity contribution in [1.82, 2.24) is 4.90 Å². The van der Waals surface area contributed by atoms with Gasteiger partial charge >= 0.3 is 0 Å². The predicted octanol–water partition coefficient (Wildman–Crippen LogP) is 3.80. The van der Waals surface area contributed by atoms with Crippen LogP contribution in [-0.4, -0.2) is 30.6 Å². The quantitative estimate of drug-likeness (QED) is 0.847. The van der Waals surface area contributed by atoms with Gasteiger partial charge < -0.3 is 5.73 Å². The van der Waals surface area contributed by atoms with E-state index in [2.05, 4.69) is 11.8 Å². The standard InChI is InChI=1S/C18H34N2/c1-15-8-10-18(13-19,11-9-15)14-20-12-4-7-17(20)16-5-2-3-6-16/h15-17H,2-14,19H2,1H3. The number of nitrogens with zero attached hydrogens (tertiary/aromatic N) is 1. The van der Waals surface area contributed by atoms with Gasteiger partial charge in [0.05, 0.1) is 0 Å². The third-order valence-electron chi connectivity index (χ3n) is 6.66. The molecule has 1 atom stereocenters. The van der Waals surface area contributed by atoms with Crippen molar-refractivity contribution >= 4 is 0 Å². The Morgan fingerprint density at radius 2 is 1.70 bits per heavy atom. The van der Waals surface area contributed by atoms with Gasteiger partial charge in [-0.15, -0.1) is 0 Å². The van der Waals surface area contributed by atoms with E-state index in [0.29, 0.717) is 5.41 Å². The highest BCUT2D eigenvalue weighted by molar-refractivity contribution is 4.94. The molecule has 116 valence electrons. The van der Waals surface area contributed by atoms with Crippen molar-refractivity contribution in [3.63, 3.8) is 0 Å². The number of hydrogen-bond acceptors (Lipinski definition) is 2. The largest absolute Gasteiger partial charge is 0.330 e. The molecular weight excluding hydrogens is 244 g/mol. The van der Waals surface area contributed by atoms with E-state index in [1.165, 1.54) is 77.3 Å². The van der Waals surface area contributed by atoms with Crippen LogP contribution in [0.1, 0.15) is 71.1 Å². The van der Waals surface area contributed by atoms with E-state index >= 15 is 0 Å². The van der Waals surface area contributed by atoms with Crippen molar-refractivity contribution < 1.29 is 0 Å². The molecule has 20 heavy (non-hydrogen) atoms. The molecule has 3 aliphatic rings. The molecule has 0 radical (unpaired) electrons. The molecule has 2 aliphatic carbocycles. The first-order valence-electron chi connectivity index (χ1n) is 9.17. The predicted molar refractivity (Wildman–Crippen MR) is 85.7 cm³/mol. The number of likely N-dealkylation sites (tertiary alicyclic amines) is 1. The Bertz CT molecular complexity index is 301. The van der Waals surface area contributed by atoms with E-state index in [-0.39, 0.29) is 0 Å². The van der Waals surface area contributed by atoms with E-state index in [1.54, 1.807) is 0 Å². The molecule has 0 amide bonds. The zero-order valence-electron chi connectivity index (χ0n) is 13.4. The monoisotopic (exact) mass is 278 g/mol. The summed E-state index contributed by atoms with van der Waals surface area (Å²) >= 11 is 0. The van der Waals surface area contributed by atoms with Crippen molar-refractivity contribution in [3.8, 4) is 0 Å². The third-order valence-corrected chi connectivity index (χ3v) is 6.66. The molecule has 0 bridgehead atoms. The Labute approximate surface area is 125 Å². The molecule has 2 nitrogen and oxygen atoms in total. The van der Waals surface area contributed by atoms with Gasteiger partial charge in [-0.2, -0.15) is 0 Å². The highest BCUT2D eigenvalue weighted by Gasteiger charge is 2.40. The molecule has 2 saturated carbocycles. The van der Waals surface area contributed by atoms with Crippen LogP contribution in [0.3, 0.4) is 0 Å². The van der Waals surface area contributed by atoms with Crippen LogP contribution in [0.25, 0.3) is 0 Å². The molecule has 3 rings (SSSR count). The normalized spacial score (nSPS) is 40.5. The van der Waals surface area contributed by atoms with Crippen LogP contribution in [-0.2, 0) is 0 Å². The lowest BCUT2D eigenvalue weighted by Crippen LogP contribution is -2.47. The van der Waals surface area contributed by atoms with Gasteiger partial charge in [0.15, 0.2) is 0 Å². The Balaban J connectivity index is 1.62. The lowest BCUT2D eigenvalue weighted by Gasteiger charge is -2.43. The Morgan fingerprint density at radius 3 is 2.35 bits per heavy atom. The lowest BCUT2D eigenvalue weighted by molar-refractivity contribution is 0.0726. The fourth-order valence-corrected chi connectivity index (χ4v) is 5.16. The first kappa shape index (κ1) is 14.8. The van der Waals surface area contributed by atoms with Crippen molar-refractivity contribution in [1.29, 1.82) is 0 Å². The van der Waals surface area contributed by atoms with Gasteiger partial charge in [0.1, 0.15) is 0 Å². The topological polar surface area (TPSA) is 29.3 Å². The summed E-state index contributed by atoms with van der Waals surface area (Å²) in [5.41, 5.74) is 6.69. The van der Waals surface area contributed by atoms with Crippen molar-refractivity contribution in [2.24, 2.45) is 23.0 Å². The summed E-state index contributed by atoms with van der Waals surface area (Å²) in [6.07, 6.45) is 14.4. The third kappa shape index (κ3) is 3.06. The molecule has 1 aliphatic heterocycles. The van der Waals surface area contributed by atoms with Gasteiger partial charge in [-0.25, -0.2) is 0 Å². The van der Waals surface area contributed by atoms with Crippen LogP contribution in [0, 0.1) is 17.3 Å². The Morgan fingerprint density at radius 1 is 1.00 bits per heavy atom. The molecule has 2 N–H and O–H groups in total. The second-order valence-electron chi connectivity index (χ2n) is 8.11. The summed E-state index contributed by atoms with van der Waals surface area (Å²) in [5.74, 6) is 1.94. The molecular formula is C18H34N2. The number of rotatable bonds is 4. The molecule has 0 aromatic carbocycles. The maximum absolute atomic E-state index is 6.23. The second-order valence-corrected chi connectivity index (χ2v) is 8.11. The molecule has 1 unspecified atom stereocenters. The summed E-state index contributed by atoms with van der Waals surface area (Å²) in [6.45, 7) is 5.97. The molecule has 0 aromatic rings. The van der Waals surface area contributed by atoms with Gasteiger partial charge in [-0.3, -0.25) is 4.90 Å². The van der Waals surface area contributed by atoms with E-state index in [0.717, 1.165) is 24.4 Å². The van der Waals surface area contributed by atoms with Crippen LogP contribution in [0.5, 0.6) is 0 Å². The average Bonchev–Trinajstić information content (AvgIpc) is 3.12. The van der Waals surface area contributed by atoms with E-state index < -0.39 is 0 Å². The molecule has 2 heteroatoms. The number of hydrogen-bond donors (Lipinski definition) is 1. The Hall–Kier alpha value is -0.0800. The van der Waals surface area contributed by atoms with Gasteiger partial charge in [0, 0.05) is 12.6 Å². The van der Waals surface area contributed by atoms with E-state index in [4.69, 9.17) is 5.73 Å². The zero-order valence-corrected chi connectivity index (χ0v) is 13.4. The second kappa shape index (κ2) is 6.36. The summed E-state index contributed by atoms with van der Waals surface area (Å²) < 4.78 is 0. The summed E-state index contributed by atoms with van der Waals surface area (Å²) in [7, 11) is 0. The minimum absolute atomic E-state index is 0.452. The maximum Gasteiger partial charge on any atom is 0.0124 e. The number of nitrogens with two attached hydrogens (primary N) is 1. The van der Waals surface area contributed by atoms with Crippen molar-refractivity contribution in [2.45, 2.75) is 77.2 Å². The maximum atomic E-state index is 6.23. The van der Waals surface area contributed by atoms with Crippen molar-refractivity contribution in [3.05, 3.63) is 0 Å². The van der Waals surface area contributed by atoms with Crippen LogP contribution in [0.15, 0.2) is 0 Å². The van der Waals surface area contributed by atoms with Crippen LogP contribution in [0.4, 0.5) is 0 Å². The summed E-state index contributed by atoms with van der Waals surface area (Å²) in [4.78, 5) is 2.86. The van der Waals surface area contributed by atoms with Crippen LogP contribution >= 0.6 is 0 Å². The van der Waals surface area contributed by atoms with Gasteiger partial charge in [-0.1, -0.05) is 32.6 Å². The SMILES string of the molecule is CC1CCC(CN)(CN2CCCC2C2CCCC2)CC1. The summed E-state index contributed by atoms with van der Waals surface area (Å²) in [5, 5.41) is 0. The molecule has 1 saturated heterocycles. The Kier molecular flexibility index (Phi) is 4.72. The van der Waals surface area contributed by atoms with Crippen LogP contribution in [0.2, 0.25) is 0 Å². The fourth-order valence-electron chi connectivity index (χ4n) is 5.16. The fraction of sp³-hybridized carbons (Fsp3) is 1.00. The van der Waals surface area contributed by atoms with Gasteiger partial charge in [-0.05, 0) is 68.9 Å². The molecule has 0 spiro atoms. The minimum atomic E-state index is 0.452. The smallest absolute Gasteiger partial charge is 0.0124 e. The highest BCUT2D eigenvalue weighted by atomic mass is 15.2. The highest BCUT2D eigenvalue weighted by Crippen LogP contribution is 2.42. The molecule has 0 aromatic heterocycles. The summed E-state index contributed by atoms with van der Waals surface area (Å²) in [6, 6.07) is 0.903. The molecule has 1 heterocycles. The molecule has 3 fully saturated rings. The van der Waals surface area contributed by atoms with E-state index in [9.17, 15) is 0 Å².